The van der Waals surface area contributed by atoms with Crippen LogP contribution in [0.5, 0.6) is 0 Å². The molecule has 0 saturated carbocycles. The first kappa shape index (κ1) is 19.4. The van der Waals surface area contributed by atoms with Crippen molar-refractivity contribution in [3.05, 3.63) is 70.2 Å². The first-order valence-electron chi connectivity index (χ1n) is 9.27. The van der Waals surface area contributed by atoms with Crippen LogP contribution in [-0.2, 0) is 4.79 Å². The first-order valence-corrected chi connectivity index (χ1v) is 9.65. The van der Waals surface area contributed by atoms with Crippen LogP contribution < -0.4 is 0 Å². The molecule has 4 nitrogen and oxygen atoms in total. The summed E-state index contributed by atoms with van der Waals surface area (Å²) in [6.45, 7) is 5.63. The largest absolute Gasteiger partial charge is 0.346 e. The van der Waals surface area contributed by atoms with Crippen LogP contribution in [0.25, 0.3) is 0 Å². The van der Waals surface area contributed by atoms with Crippen LogP contribution in [0.15, 0.2) is 48.5 Å². The molecular weight excluding hydrogens is 360 g/mol. The topological polar surface area (TPSA) is 40.6 Å². The van der Waals surface area contributed by atoms with Gasteiger partial charge in [-0.25, -0.2) is 0 Å². The monoisotopic (exact) mass is 384 g/mol. The van der Waals surface area contributed by atoms with Crippen molar-refractivity contribution >= 4 is 23.4 Å². The number of hydrogen-bond donors (Lipinski definition) is 0. The van der Waals surface area contributed by atoms with E-state index in [1.54, 1.807) is 34.1 Å². The summed E-state index contributed by atoms with van der Waals surface area (Å²) in [5, 5.41) is 0.600. The van der Waals surface area contributed by atoms with Crippen molar-refractivity contribution in [3.63, 3.8) is 0 Å². The maximum atomic E-state index is 13.0. The fourth-order valence-electron chi connectivity index (χ4n) is 3.59. The van der Waals surface area contributed by atoms with Crippen molar-refractivity contribution < 1.29 is 9.59 Å². The normalized spacial score (nSPS) is 19.2. The second kappa shape index (κ2) is 8.13. The molecule has 1 aliphatic rings. The van der Waals surface area contributed by atoms with E-state index in [1.165, 1.54) is 5.56 Å². The maximum Gasteiger partial charge on any atom is 0.253 e. The number of benzene rings is 2. The molecule has 0 radical (unpaired) electrons. The van der Waals surface area contributed by atoms with Gasteiger partial charge in [0.25, 0.3) is 5.91 Å². The molecule has 1 fully saturated rings. The second-order valence-electron chi connectivity index (χ2n) is 7.19. The Hall–Kier alpha value is -2.33. The predicted molar refractivity (Wildman–Crippen MR) is 108 cm³/mol. The summed E-state index contributed by atoms with van der Waals surface area (Å²) in [5.74, 6) is -0.190. The molecule has 142 valence electrons. The predicted octanol–water partition coefficient (Wildman–Crippen LogP) is 3.98. The lowest BCUT2D eigenvalue weighted by Gasteiger charge is -2.23. The van der Waals surface area contributed by atoms with Gasteiger partial charge < -0.3 is 9.80 Å². The van der Waals surface area contributed by atoms with Gasteiger partial charge in [0.2, 0.25) is 5.91 Å². The number of hydrogen-bond acceptors (Lipinski definition) is 2. The van der Waals surface area contributed by atoms with Gasteiger partial charge in [0, 0.05) is 43.2 Å². The molecule has 2 aromatic rings. The zero-order valence-corrected chi connectivity index (χ0v) is 16.7. The van der Waals surface area contributed by atoms with Gasteiger partial charge in [0.1, 0.15) is 0 Å². The van der Waals surface area contributed by atoms with Gasteiger partial charge in [-0.2, -0.15) is 0 Å². The van der Waals surface area contributed by atoms with Crippen molar-refractivity contribution in [2.45, 2.75) is 19.8 Å². The van der Waals surface area contributed by atoms with E-state index in [0.717, 1.165) is 5.56 Å². The van der Waals surface area contributed by atoms with Crippen LogP contribution in [0.4, 0.5) is 0 Å². The fraction of sp³-hybridized carbons (Fsp3) is 0.364. The Morgan fingerprint density at radius 3 is 2.30 bits per heavy atom. The molecule has 0 bridgehead atoms. The molecule has 3 rings (SSSR count). The van der Waals surface area contributed by atoms with Crippen molar-refractivity contribution in [1.29, 1.82) is 0 Å². The number of rotatable bonds is 4. The van der Waals surface area contributed by atoms with E-state index in [2.05, 4.69) is 24.3 Å². The van der Waals surface area contributed by atoms with Crippen molar-refractivity contribution in [2.24, 2.45) is 5.92 Å². The average molecular weight is 385 g/mol. The summed E-state index contributed by atoms with van der Waals surface area (Å²) in [7, 11) is 1.82. The molecule has 0 N–H and O–H groups in total. The summed E-state index contributed by atoms with van der Waals surface area (Å²) in [5.41, 5.74) is 2.88. The molecule has 1 aliphatic heterocycles. The summed E-state index contributed by atoms with van der Waals surface area (Å²) in [6, 6.07) is 15.2. The van der Waals surface area contributed by atoms with Crippen LogP contribution in [-0.4, -0.2) is 48.3 Å². The van der Waals surface area contributed by atoms with E-state index in [0.29, 0.717) is 30.2 Å². The van der Waals surface area contributed by atoms with Gasteiger partial charge >= 0.3 is 0 Å². The molecule has 0 spiro atoms. The van der Waals surface area contributed by atoms with Gasteiger partial charge in [-0.15, -0.1) is 0 Å². The number of carbonyl (C=O) groups is 2. The summed E-state index contributed by atoms with van der Waals surface area (Å²) in [6.07, 6.45) is 0. The molecular formula is C22H25ClN2O2. The minimum Gasteiger partial charge on any atom is -0.346 e. The minimum absolute atomic E-state index is 0.00310. The van der Waals surface area contributed by atoms with Crippen molar-refractivity contribution in [1.82, 2.24) is 9.80 Å². The summed E-state index contributed by atoms with van der Waals surface area (Å²) < 4.78 is 0. The molecule has 0 aliphatic carbocycles. The second-order valence-corrected chi connectivity index (χ2v) is 7.63. The van der Waals surface area contributed by atoms with Crippen LogP contribution >= 0.6 is 11.6 Å². The molecule has 1 heterocycles. The van der Waals surface area contributed by atoms with E-state index < -0.39 is 0 Å². The summed E-state index contributed by atoms with van der Waals surface area (Å²) >= 11 is 5.93. The van der Waals surface area contributed by atoms with Gasteiger partial charge in [0.15, 0.2) is 0 Å². The van der Waals surface area contributed by atoms with E-state index in [-0.39, 0.29) is 23.7 Å². The minimum atomic E-state index is -0.228. The average Bonchev–Trinajstić information content (AvgIpc) is 3.12. The Labute approximate surface area is 165 Å². The number of halogens is 1. The van der Waals surface area contributed by atoms with Crippen LogP contribution in [0, 0.1) is 12.8 Å². The van der Waals surface area contributed by atoms with Crippen LogP contribution in [0.1, 0.15) is 34.3 Å². The maximum absolute atomic E-state index is 13.0. The lowest BCUT2D eigenvalue weighted by Crippen LogP contribution is -2.36. The van der Waals surface area contributed by atoms with Gasteiger partial charge in [-0.1, -0.05) is 41.4 Å². The smallest absolute Gasteiger partial charge is 0.253 e. The Morgan fingerprint density at radius 1 is 1.07 bits per heavy atom. The lowest BCUT2D eigenvalue weighted by molar-refractivity contribution is -0.133. The third-order valence-corrected chi connectivity index (χ3v) is 5.62. The lowest BCUT2D eigenvalue weighted by atomic mass is 9.87. The molecule has 2 unspecified atom stereocenters. The number of carbonyl (C=O) groups excluding carboxylic acids is 2. The molecule has 2 aromatic carbocycles. The third-order valence-electron chi connectivity index (χ3n) is 5.37. The molecule has 0 aromatic heterocycles. The van der Waals surface area contributed by atoms with E-state index in [4.69, 9.17) is 11.6 Å². The molecule has 27 heavy (non-hydrogen) atoms. The number of amides is 2. The Balaban J connectivity index is 1.88. The fourth-order valence-corrected chi connectivity index (χ4v) is 3.71. The Kier molecular flexibility index (Phi) is 5.85. The highest BCUT2D eigenvalue weighted by molar-refractivity contribution is 6.30. The Bertz CT molecular complexity index is 817. The number of aryl methyl sites for hydroxylation is 1. The Morgan fingerprint density at radius 2 is 1.70 bits per heavy atom. The van der Waals surface area contributed by atoms with Crippen LogP contribution in [0.3, 0.4) is 0 Å². The molecule has 5 heteroatoms. The molecule has 1 saturated heterocycles. The van der Waals surface area contributed by atoms with E-state index in [1.807, 2.05) is 20.9 Å². The highest BCUT2D eigenvalue weighted by Crippen LogP contribution is 2.35. The zero-order valence-electron chi connectivity index (χ0n) is 16.0. The van der Waals surface area contributed by atoms with Gasteiger partial charge in [0.05, 0.1) is 5.92 Å². The first-order chi connectivity index (χ1) is 12.9. The van der Waals surface area contributed by atoms with Gasteiger partial charge in [-0.05, 0) is 43.7 Å². The van der Waals surface area contributed by atoms with Crippen molar-refractivity contribution in [3.8, 4) is 0 Å². The van der Waals surface area contributed by atoms with Crippen molar-refractivity contribution in [2.75, 3.05) is 26.7 Å². The SMILES string of the molecule is CCN(C)C(=O)C1CN(C(=O)c2ccc(Cl)cc2)CC1c1ccc(C)cc1. The molecule has 2 amide bonds. The van der Waals surface area contributed by atoms with E-state index in [9.17, 15) is 9.59 Å². The highest BCUT2D eigenvalue weighted by atomic mass is 35.5. The number of nitrogens with zero attached hydrogens (tertiary/aromatic N) is 2. The van der Waals surface area contributed by atoms with Crippen LogP contribution in [0.2, 0.25) is 5.02 Å². The molecule has 2 atom stereocenters. The van der Waals surface area contributed by atoms with Gasteiger partial charge in [-0.3, -0.25) is 9.59 Å². The third kappa shape index (κ3) is 4.16. The quantitative estimate of drug-likeness (QED) is 0.799. The number of likely N-dealkylation sites (tertiary alicyclic amines) is 1. The van der Waals surface area contributed by atoms with E-state index >= 15 is 0 Å². The standard InChI is InChI=1S/C22H25ClN2O2/c1-4-24(3)22(27)20-14-25(21(26)17-9-11-18(23)12-10-17)13-19(20)16-7-5-15(2)6-8-16/h5-12,19-20H,4,13-14H2,1-3H3. The highest BCUT2D eigenvalue weighted by Gasteiger charge is 2.41. The zero-order chi connectivity index (χ0) is 19.6. The summed E-state index contributed by atoms with van der Waals surface area (Å²) in [4.78, 5) is 29.4.